The Morgan fingerprint density at radius 1 is 1.17 bits per heavy atom. The first kappa shape index (κ1) is 24.8. The third kappa shape index (κ3) is 6.76. The van der Waals surface area contributed by atoms with Crippen LogP contribution in [0.3, 0.4) is 0 Å². The zero-order valence-electron chi connectivity index (χ0n) is 17.4. The molecule has 0 unspecified atom stereocenters. The highest BCUT2D eigenvalue weighted by molar-refractivity contribution is 14.0. The summed E-state index contributed by atoms with van der Waals surface area (Å²) < 4.78 is 32.4. The van der Waals surface area contributed by atoms with Crippen molar-refractivity contribution in [3.8, 4) is 0 Å². The van der Waals surface area contributed by atoms with Gasteiger partial charge in [-0.25, -0.2) is 8.78 Å². The molecule has 0 aliphatic carbocycles. The first-order valence-electron chi connectivity index (χ1n) is 10.4. The summed E-state index contributed by atoms with van der Waals surface area (Å²) in [5.74, 6) is 0.199. The van der Waals surface area contributed by atoms with E-state index in [1.165, 1.54) is 6.07 Å². The fourth-order valence-corrected chi connectivity index (χ4v) is 3.82. The molecule has 0 aromatic heterocycles. The van der Waals surface area contributed by atoms with Crippen molar-refractivity contribution < 1.29 is 18.3 Å². The lowest BCUT2D eigenvalue weighted by Crippen LogP contribution is -2.50. The van der Waals surface area contributed by atoms with E-state index < -0.39 is 11.6 Å². The van der Waals surface area contributed by atoms with Gasteiger partial charge < -0.3 is 19.9 Å². The SMILES string of the molecule is CCNC(=NCCc1cc(F)ccc1F)N1CCC(C(=O)N2CCOCC2)CC1.I. The van der Waals surface area contributed by atoms with E-state index in [4.69, 9.17) is 4.74 Å². The number of ether oxygens (including phenoxy) is 1. The van der Waals surface area contributed by atoms with E-state index in [2.05, 4.69) is 15.2 Å². The zero-order chi connectivity index (χ0) is 20.6. The summed E-state index contributed by atoms with van der Waals surface area (Å²) in [6.45, 7) is 7.19. The Morgan fingerprint density at radius 2 is 1.87 bits per heavy atom. The Balaban J connectivity index is 0.00000320. The summed E-state index contributed by atoms with van der Waals surface area (Å²) in [5.41, 5.74) is 0.333. The molecule has 3 rings (SSSR count). The predicted molar refractivity (Wildman–Crippen MR) is 123 cm³/mol. The lowest BCUT2D eigenvalue weighted by Gasteiger charge is -2.36. The second kappa shape index (κ2) is 12.4. The number of nitrogens with zero attached hydrogens (tertiary/aromatic N) is 3. The largest absolute Gasteiger partial charge is 0.378 e. The van der Waals surface area contributed by atoms with Gasteiger partial charge in [-0.2, -0.15) is 0 Å². The molecule has 1 aromatic carbocycles. The van der Waals surface area contributed by atoms with Crippen LogP contribution in [0.25, 0.3) is 0 Å². The van der Waals surface area contributed by atoms with Crippen molar-refractivity contribution in [3.05, 3.63) is 35.4 Å². The molecule has 1 N–H and O–H groups in total. The smallest absolute Gasteiger partial charge is 0.225 e. The van der Waals surface area contributed by atoms with Gasteiger partial charge in [0.05, 0.1) is 13.2 Å². The molecule has 2 aliphatic heterocycles. The van der Waals surface area contributed by atoms with Crippen LogP contribution in [0.5, 0.6) is 0 Å². The van der Waals surface area contributed by atoms with Crippen LogP contribution in [0, 0.1) is 17.6 Å². The second-order valence-corrected chi connectivity index (χ2v) is 7.42. The first-order chi connectivity index (χ1) is 14.1. The third-order valence-corrected chi connectivity index (χ3v) is 5.45. The van der Waals surface area contributed by atoms with Crippen LogP contribution in [0.15, 0.2) is 23.2 Å². The van der Waals surface area contributed by atoms with Crippen molar-refractivity contribution in [2.45, 2.75) is 26.2 Å². The number of carbonyl (C=O) groups excluding carboxylic acids is 1. The summed E-state index contributed by atoms with van der Waals surface area (Å²) in [7, 11) is 0. The predicted octanol–water partition coefficient (Wildman–Crippen LogP) is 2.66. The number of likely N-dealkylation sites (tertiary alicyclic amines) is 1. The molecule has 2 fully saturated rings. The van der Waals surface area contributed by atoms with E-state index in [1.54, 1.807) is 0 Å². The standard InChI is InChI=1S/C21H30F2N4O2.HI/c1-2-24-21(25-8-5-17-15-18(22)3-4-19(17)23)27-9-6-16(7-10-27)20(28)26-11-13-29-14-12-26;/h3-4,15-16H,2,5-14H2,1H3,(H,24,25);1H. The molecular formula is C21H31F2IN4O2. The Bertz CT molecular complexity index is 721. The molecule has 0 bridgehead atoms. The Hall–Kier alpha value is -1.49. The molecule has 2 aliphatic rings. The topological polar surface area (TPSA) is 57.2 Å². The summed E-state index contributed by atoms with van der Waals surface area (Å²) in [6, 6.07) is 3.49. The average molecular weight is 536 g/mol. The van der Waals surface area contributed by atoms with Crippen LogP contribution in [-0.4, -0.2) is 74.1 Å². The number of rotatable bonds is 5. The number of morpholine rings is 1. The summed E-state index contributed by atoms with van der Waals surface area (Å²) >= 11 is 0. The first-order valence-corrected chi connectivity index (χ1v) is 10.4. The Morgan fingerprint density at radius 3 is 2.53 bits per heavy atom. The maximum absolute atomic E-state index is 13.8. The summed E-state index contributed by atoms with van der Waals surface area (Å²) in [5, 5.41) is 3.27. The van der Waals surface area contributed by atoms with Gasteiger partial charge in [-0.3, -0.25) is 9.79 Å². The molecule has 2 heterocycles. The van der Waals surface area contributed by atoms with Gasteiger partial charge in [-0.1, -0.05) is 0 Å². The van der Waals surface area contributed by atoms with Gasteiger partial charge >= 0.3 is 0 Å². The van der Waals surface area contributed by atoms with Gasteiger partial charge in [0.25, 0.3) is 0 Å². The normalized spacial score (nSPS) is 18.2. The lowest BCUT2D eigenvalue weighted by molar-refractivity contribution is -0.140. The number of hydrogen-bond acceptors (Lipinski definition) is 3. The van der Waals surface area contributed by atoms with E-state index in [-0.39, 0.29) is 35.8 Å². The number of aliphatic imine (C=N–C) groups is 1. The molecule has 0 radical (unpaired) electrons. The zero-order valence-corrected chi connectivity index (χ0v) is 19.7. The van der Waals surface area contributed by atoms with Crippen molar-refractivity contribution in [2.75, 3.05) is 52.5 Å². The number of carbonyl (C=O) groups is 1. The van der Waals surface area contributed by atoms with Crippen molar-refractivity contribution in [1.82, 2.24) is 15.1 Å². The highest BCUT2D eigenvalue weighted by Gasteiger charge is 2.30. The molecule has 30 heavy (non-hydrogen) atoms. The molecule has 9 heteroatoms. The van der Waals surface area contributed by atoms with Crippen LogP contribution >= 0.6 is 24.0 Å². The quantitative estimate of drug-likeness (QED) is 0.358. The number of nitrogens with one attached hydrogen (secondary N) is 1. The van der Waals surface area contributed by atoms with Crippen LogP contribution in [0.4, 0.5) is 8.78 Å². The molecule has 0 saturated carbocycles. The molecule has 6 nitrogen and oxygen atoms in total. The highest BCUT2D eigenvalue weighted by Crippen LogP contribution is 2.20. The van der Waals surface area contributed by atoms with E-state index >= 15 is 0 Å². The minimum atomic E-state index is -0.440. The number of halogens is 3. The molecule has 168 valence electrons. The fourth-order valence-electron chi connectivity index (χ4n) is 3.82. The Kier molecular flexibility index (Phi) is 10.2. The van der Waals surface area contributed by atoms with E-state index in [0.717, 1.165) is 50.6 Å². The number of hydrogen-bond donors (Lipinski definition) is 1. The van der Waals surface area contributed by atoms with Crippen LogP contribution in [0.2, 0.25) is 0 Å². The van der Waals surface area contributed by atoms with Crippen molar-refractivity contribution in [1.29, 1.82) is 0 Å². The van der Waals surface area contributed by atoms with E-state index in [9.17, 15) is 13.6 Å². The fraction of sp³-hybridized carbons (Fsp3) is 0.619. The van der Waals surface area contributed by atoms with Crippen molar-refractivity contribution >= 4 is 35.8 Å². The van der Waals surface area contributed by atoms with E-state index in [0.29, 0.717) is 44.8 Å². The highest BCUT2D eigenvalue weighted by atomic mass is 127. The minimum absolute atomic E-state index is 0. The Labute approximate surface area is 194 Å². The van der Waals surface area contributed by atoms with Crippen molar-refractivity contribution in [3.63, 3.8) is 0 Å². The summed E-state index contributed by atoms with van der Waals surface area (Å²) in [6.07, 6.45) is 1.92. The lowest BCUT2D eigenvalue weighted by atomic mass is 9.95. The van der Waals surface area contributed by atoms with Gasteiger partial charge in [-0.15, -0.1) is 24.0 Å². The van der Waals surface area contributed by atoms with Crippen molar-refractivity contribution in [2.24, 2.45) is 10.9 Å². The van der Waals surface area contributed by atoms with Crippen LogP contribution in [0.1, 0.15) is 25.3 Å². The van der Waals surface area contributed by atoms with Crippen LogP contribution < -0.4 is 5.32 Å². The molecule has 2 saturated heterocycles. The molecule has 1 amide bonds. The maximum Gasteiger partial charge on any atom is 0.225 e. The number of guanidine groups is 1. The van der Waals surface area contributed by atoms with Gasteiger partial charge in [0.2, 0.25) is 5.91 Å². The van der Waals surface area contributed by atoms with Crippen LogP contribution in [-0.2, 0) is 16.0 Å². The minimum Gasteiger partial charge on any atom is -0.378 e. The monoisotopic (exact) mass is 536 g/mol. The second-order valence-electron chi connectivity index (χ2n) is 7.42. The maximum atomic E-state index is 13.8. The van der Waals surface area contributed by atoms with Gasteiger partial charge in [0.15, 0.2) is 5.96 Å². The number of benzene rings is 1. The summed E-state index contributed by atoms with van der Waals surface area (Å²) in [4.78, 5) is 21.3. The molecular weight excluding hydrogens is 505 g/mol. The third-order valence-electron chi connectivity index (χ3n) is 5.45. The molecule has 1 aromatic rings. The van der Waals surface area contributed by atoms with Gasteiger partial charge in [0, 0.05) is 45.2 Å². The van der Waals surface area contributed by atoms with Gasteiger partial charge in [-0.05, 0) is 49.9 Å². The number of amides is 1. The average Bonchev–Trinajstić information content (AvgIpc) is 2.76. The van der Waals surface area contributed by atoms with Gasteiger partial charge in [0.1, 0.15) is 11.6 Å². The molecule has 0 spiro atoms. The number of piperidine rings is 1. The molecule has 0 atom stereocenters. The van der Waals surface area contributed by atoms with E-state index in [1.807, 2.05) is 11.8 Å².